The van der Waals surface area contributed by atoms with E-state index in [-0.39, 0.29) is 17.7 Å². The van der Waals surface area contributed by atoms with Gasteiger partial charge >= 0.3 is 5.97 Å². The van der Waals surface area contributed by atoms with Crippen molar-refractivity contribution in [3.8, 4) is 0 Å². The van der Waals surface area contributed by atoms with Gasteiger partial charge in [0, 0.05) is 18.1 Å². The summed E-state index contributed by atoms with van der Waals surface area (Å²) < 4.78 is 12.1. The van der Waals surface area contributed by atoms with E-state index in [9.17, 15) is 19.4 Å². The van der Waals surface area contributed by atoms with Gasteiger partial charge in [0.15, 0.2) is 0 Å². The minimum atomic E-state index is -1.49. The van der Waals surface area contributed by atoms with Crippen molar-refractivity contribution in [2.45, 2.75) is 12.5 Å². The molecule has 16 heavy (non-hydrogen) atoms. The second-order valence-electron chi connectivity index (χ2n) is 3.09. The van der Waals surface area contributed by atoms with Crippen molar-refractivity contribution < 1.29 is 19.3 Å². The number of hydrogen-bond acceptors (Lipinski definition) is 4. The zero-order chi connectivity index (χ0) is 12.1. The summed E-state index contributed by atoms with van der Waals surface area (Å²) in [6.45, 7) is 0. The summed E-state index contributed by atoms with van der Waals surface area (Å²) in [5.74, 6) is -1.40. The van der Waals surface area contributed by atoms with Gasteiger partial charge in [-0.3, -0.25) is 14.9 Å². The van der Waals surface area contributed by atoms with Crippen LogP contribution >= 0.6 is 0 Å². The SMILES string of the molecule is O=C(O)[C@H](Cc1ccccc1[N+](=O)[O-])NF. The fourth-order valence-corrected chi connectivity index (χ4v) is 1.25. The quantitative estimate of drug-likeness (QED) is 0.446. The van der Waals surface area contributed by atoms with Crippen molar-refractivity contribution >= 4 is 11.7 Å². The molecule has 0 bridgehead atoms. The van der Waals surface area contributed by atoms with E-state index in [1.807, 2.05) is 0 Å². The first kappa shape index (κ1) is 12.1. The Balaban J connectivity index is 2.95. The molecule has 1 atom stereocenters. The lowest BCUT2D eigenvalue weighted by Crippen LogP contribution is -2.33. The van der Waals surface area contributed by atoms with Gasteiger partial charge in [-0.1, -0.05) is 18.2 Å². The number of nitrogens with one attached hydrogen (secondary N) is 1. The monoisotopic (exact) mass is 228 g/mol. The highest BCUT2D eigenvalue weighted by Crippen LogP contribution is 2.19. The molecule has 2 N–H and O–H groups in total. The van der Waals surface area contributed by atoms with Crippen LogP contribution in [0.2, 0.25) is 0 Å². The van der Waals surface area contributed by atoms with E-state index < -0.39 is 16.9 Å². The van der Waals surface area contributed by atoms with Gasteiger partial charge in [-0.2, -0.15) is 0 Å². The molecule has 0 saturated heterocycles. The molecule has 0 radical (unpaired) electrons. The predicted octanol–water partition coefficient (Wildman–Crippen LogP) is 1.06. The highest BCUT2D eigenvalue weighted by molar-refractivity contribution is 5.74. The van der Waals surface area contributed by atoms with E-state index in [2.05, 4.69) is 0 Å². The zero-order valence-electron chi connectivity index (χ0n) is 8.09. The summed E-state index contributed by atoms with van der Waals surface area (Å²) in [6, 6.07) is 4.14. The summed E-state index contributed by atoms with van der Waals surface area (Å²) in [7, 11) is 0. The summed E-state index contributed by atoms with van der Waals surface area (Å²) in [5, 5.41) is 19.2. The molecule has 1 aromatic carbocycles. The first-order valence-electron chi connectivity index (χ1n) is 4.37. The van der Waals surface area contributed by atoms with Crippen LogP contribution in [-0.4, -0.2) is 22.0 Å². The molecule has 86 valence electrons. The van der Waals surface area contributed by atoms with Crippen molar-refractivity contribution in [1.82, 2.24) is 5.54 Å². The van der Waals surface area contributed by atoms with Crippen molar-refractivity contribution in [3.63, 3.8) is 0 Å². The maximum atomic E-state index is 12.1. The Morgan fingerprint density at radius 1 is 1.56 bits per heavy atom. The molecule has 1 aromatic rings. The second kappa shape index (κ2) is 5.17. The van der Waals surface area contributed by atoms with Crippen LogP contribution < -0.4 is 5.54 Å². The summed E-state index contributed by atoms with van der Waals surface area (Å²) >= 11 is 0. The number of benzene rings is 1. The second-order valence-corrected chi connectivity index (χ2v) is 3.09. The molecule has 1 rings (SSSR count). The van der Waals surface area contributed by atoms with E-state index in [0.717, 1.165) is 5.54 Å². The number of nitro benzene ring substituents is 1. The standard InChI is InChI=1S/C9H9FN2O4/c10-11-7(9(13)14)5-6-3-1-2-4-8(6)12(15)16/h1-4,7,11H,5H2,(H,13,14)/t7-/m0/s1. The van der Waals surface area contributed by atoms with E-state index in [4.69, 9.17) is 5.11 Å². The summed E-state index contributed by atoms with van der Waals surface area (Å²) in [6.07, 6.45) is -0.289. The Labute approximate surface area is 89.8 Å². The maximum Gasteiger partial charge on any atom is 0.323 e. The number of carbonyl (C=O) groups is 1. The Morgan fingerprint density at radius 2 is 2.19 bits per heavy atom. The van der Waals surface area contributed by atoms with E-state index in [1.54, 1.807) is 0 Å². The number of aliphatic carboxylic acids is 1. The molecule has 0 aromatic heterocycles. The highest BCUT2D eigenvalue weighted by Gasteiger charge is 2.22. The van der Waals surface area contributed by atoms with Crippen LogP contribution in [-0.2, 0) is 11.2 Å². The molecule has 6 nitrogen and oxygen atoms in total. The minimum absolute atomic E-state index is 0.171. The molecular weight excluding hydrogens is 219 g/mol. The highest BCUT2D eigenvalue weighted by atomic mass is 19.2. The van der Waals surface area contributed by atoms with E-state index in [1.165, 1.54) is 24.3 Å². The number of halogens is 1. The van der Waals surface area contributed by atoms with Crippen molar-refractivity contribution in [2.24, 2.45) is 0 Å². The van der Waals surface area contributed by atoms with E-state index >= 15 is 0 Å². The van der Waals surface area contributed by atoms with Crippen LogP contribution in [0.3, 0.4) is 0 Å². The lowest BCUT2D eigenvalue weighted by molar-refractivity contribution is -0.385. The number of rotatable bonds is 5. The van der Waals surface area contributed by atoms with Crippen LogP contribution in [0, 0.1) is 10.1 Å². The minimum Gasteiger partial charge on any atom is -0.480 e. The van der Waals surface area contributed by atoms with Crippen LogP contribution in [0.1, 0.15) is 5.56 Å². The number of carboxylic acid groups (broad SMARTS) is 1. The van der Waals surface area contributed by atoms with Crippen LogP contribution in [0.5, 0.6) is 0 Å². The lowest BCUT2D eigenvalue weighted by atomic mass is 10.0. The van der Waals surface area contributed by atoms with Gasteiger partial charge in [0.25, 0.3) is 5.69 Å². The number of para-hydroxylation sites is 1. The molecule has 0 heterocycles. The van der Waals surface area contributed by atoms with Gasteiger partial charge in [-0.25, -0.2) is 0 Å². The third-order valence-corrected chi connectivity index (χ3v) is 2.04. The van der Waals surface area contributed by atoms with Crippen molar-refractivity contribution in [3.05, 3.63) is 39.9 Å². The molecule has 0 amide bonds. The summed E-state index contributed by atoms with van der Waals surface area (Å²) in [4.78, 5) is 20.5. The number of carboxylic acids is 1. The molecule has 0 spiro atoms. The number of nitro groups is 1. The van der Waals surface area contributed by atoms with Gasteiger partial charge in [0.05, 0.1) is 4.92 Å². The molecule has 0 unspecified atom stereocenters. The average molecular weight is 228 g/mol. The van der Waals surface area contributed by atoms with Gasteiger partial charge in [-0.15, -0.1) is 10.0 Å². The summed E-state index contributed by atoms with van der Waals surface area (Å²) in [5.41, 5.74) is 1.05. The van der Waals surface area contributed by atoms with Gasteiger partial charge < -0.3 is 5.11 Å². The Kier molecular flexibility index (Phi) is 3.90. The van der Waals surface area contributed by atoms with Crippen LogP contribution in [0.25, 0.3) is 0 Å². The zero-order valence-corrected chi connectivity index (χ0v) is 8.09. The lowest BCUT2D eigenvalue weighted by Gasteiger charge is -2.08. The van der Waals surface area contributed by atoms with Gasteiger partial charge in [0.2, 0.25) is 0 Å². The number of hydrogen-bond donors (Lipinski definition) is 2. The first-order chi connectivity index (χ1) is 7.56. The topological polar surface area (TPSA) is 92.5 Å². The Morgan fingerprint density at radius 3 is 2.69 bits per heavy atom. The molecule has 7 heteroatoms. The third kappa shape index (κ3) is 2.74. The number of nitrogens with zero attached hydrogens (tertiary/aromatic N) is 1. The van der Waals surface area contributed by atoms with E-state index in [0.29, 0.717) is 0 Å². The molecule has 0 aliphatic carbocycles. The predicted molar refractivity (Wildman–Crippen MR) is 52.5 cm³/mol. The maximum absolute atomic E-state index is 12.1. The molecule has 0 aliphatic rings. The Hall–Kier alpha value is -2.02. The van der Waals surface area contributed by atoms with Crippen LogP contribution in [0.15, 0.2) is 24.3 Å². The average Bonchev–Trinajstić information content (AvgIpc) is 2.25. The van der Waals surface area contributed by atoms with Crippen molar-refractivity contribution in [1.29, 1.82) is 0 Å². The fourth-order valence-electron chi connectivity index (χ4n) is 1.25. The van der Waals surface area contributed by atoms with Gasteiger partial charge in [0.1, 0.15) is 6.04 Å². The van der Waals surface area contributed by atoms with Crippen LogP contribution in [0.4, 0.5) is 10.2 Å². The molecule has 0 aliphatic heterocycles. The van der Waals surface area contributed by atoms with Gasteiger partial charge in [-0.05, 0) is 0 Å². The first-order valence-corrected chi connectivity index (χ1v) is 4.37. The molecule has 0 saturated carbocycles. The Bertz CT molecular complexity index is 410. The fraction of sp³-hybridized carbons (Fsp3) is 0.222. The third-order valence-electron chi connectivity index (χ3n) is 2.04. The molecule has 0 fully saturated rings. The smallest absolute Gasteiger partial charge is 0.323 e. The largest absolute Gasteiger partial charge is 0.480 e. The molecular formula is C9H9FN2O4. The normalized spacial score (nSPS) is 12.1. The van der Waals surface area contributed by atoms with Crippen molar-refractivity contribution in [2.75, 3.05) is 0 Å².